The molecule has 0 bridgehead atoms. The van der Waals surface area contributed by atoms with Gasteiger partial charge in [0.2, 0.25) is 5.91 Å². The van der Waals surface area contributed by atoms with E-state index in [9.17, 15) is 4.79 Å². The molecule has 1 fully saturated rings. The van der Waals surface area contributed by atoms with E-state index in [1.54, 1.807) is 7.11 Å². The molecule has 3 nitrogen and oxygen atoms in total. The lowest BCUT2D eigenvalue weighted by molar-refractivity contribution is -0.137. The maximum atomic E-state index is 11.7. The standard InChI is InChI=1S/C12H23NO2/c1-12(2,3)10-6-5-7-13(8-10)11(14)9-15-4/h10H,5-9H2,1-4H3/t10-/m0/s1. The van der Waals surface area contributed by atoms with Gasteiger partial charge in [0.15, 0.2) is 0 Å². The van der Waals surface area contributed by atoms with Gasteiger partial charge >= 0.3 is 0 Å². The van der Waals surface area contributed by atoms with Crippen LogP contribution in [0.4, 0.5) is 0 Å². The summed E-state index contributed by atoms with van der Waals surface area (Å²) in [5.74, 6) is 0.749. The average Bonchev–Trinajstić information content (AvgIpc) is 2.17. The van der Waals surface area contributed by atoms with Gasteiger partial charge in [0.05, 0.1) is 0 Å². The van der Waals surface area contributed by atoms with Crippen LogP contribution < -0.4 is 0 Å². The number of hydrogen-bond acceptors (Lipinski definition) is 2. The highest BCUT2D eigenvalue weighted by atomic mass is 16.5. The summed E-state index contributed by atoms with van der Waals surface area (Å²) in [5.41, 5.74) is 0.298. The maximum absolute atomic E-state index is 11.7. The molecule has 1 amide bonds. The minimum Gasteiger partial charge on any atom is -0.375 e. The van der Waals surface area contributed by atoms with Crippen molar-refractivity contribution in [2.24, 2.45) is 11.3 Å². The largest absolute Gasteiger partial charge is 0.375 e. The molecular formula is C12H23NO2. The topological polar surface area (TPSA) is 29.5 Å². The molecule has 0 radical (unpaired) electrons. The Morgan fingerprint density at radius 1 is 1.47 bits per heavy atom. The lowest BCUT2D eigenvalue weighted by Crippen LogP contribution is -2.44. The zero-order chi connectivity index (χ0) is 11.5. The normalized spacial score (nSPS) is 22.9. The molecule has 0 aromatic carbocycles. The fraction of sp³-hybridized carbons (Fsp3) is 0.917. The first-order valence-electron chi connectivity index (χ1n) is 5.72. The number of amides is 1. The molecule has 15 heavy (non-hydrogen) atoms. The van der Waals surface area contributed by atoms with Crippen LogP contribution in [0.25, 0.3) is 0 Å². The number of piperidine rings is 1. The summed E-state index contributed by atoms with van der Waals surface area (Å²) in [6.07, 6.45) is 2.36. The van der Waals surface area contributed by atoms with E-state index in [0.29, 0.717) is 11.3 Å². The van der Waals surface area contributed by atoms with E-state index < -0.39 is 0 Å². The van der Waals surface area contributed by atoms with Gasteiger partial charge in [-0.05, 0) is 24.2 Å². The second-order valence-electron chi connectivity index (χ2n) is 5.48. The number of nitrogens with zero attached hydrogens (tertiary/aromatic N) is 1. The van der Waals surface area contributed by atoms with Crippen molar-refractivity contribution < 1.29 is 9.53 Å². The van der Waals surface area contributed by atoms with Crippen LogP contribution in [0.15, 0.2) is 0 Å². The van der Waals surface area contributed by atoms with Gasteiger partial charge in [-0.2, -0.15) is 0 Å². The van der Waals surface area contributed by atoms with E-state index in [2.05, 4.69) is 20.8 Å². The third-order valence-electron chi connectivity index (χ3n) is 3.27. The van der Waals surface area contributed by atoms with Gasteiger partial charge in [-0.1, -0.05) is 20.8 Å². The lowest BCUT2D eigenvalue weighted by Gasteiger charge is -2.39. The smallest absolute Gasteiger partial charge is 0.248 e. The summed E-state index contributed by atoms with van der Waals surface area (Å²) >= 11 is 0. The van der Waals surface area contributed by atoms with Gasteiger partial charge in [0, 0.05) is 20.2 Å². The van der Waals surface area contributed by atoms with Gasteiger partial charge in [-0.3, -0.25) is 4.79 Å². The molecule has 0 saturated carbocycles. The lowest BCUT2D eigenvalue weighted by atomic mass is 9.76. The molecule has 1 atom stereocenters. The number of likely N-dealkylation sites (tertiary alicyclic amines) is 1. The van der Waals surface area contributed by atoms with Crippen LogP contribution in [0.1, 0.15) is 33.6 Å². The summed E-state index contributed by atoms with van der Waals surface area (Å²) in [6.45, 7) is 8.77. The van der Waals surface area contributed by atoms with Crippen molar-refractivity contribution in [3.63, 3.8) is 0 Å². The number of methoxy groups -OCH3 is 1. The summed E-state index contributed by atoms with van der Waals surface area (Å²) in [6, 6.07) is 0. The molecular weight excluding hydrogens is 190 g/mol. The van der Waals surface area contributed by atoms with Crippen molar-refractivity contribution in [2.45, 2.75) is 33.6 Å². The molecule has 1 saturated heterocycles. The summed E-state index contributed by atoms with van der Waals surface area (Å²) < 4.78 is 4.89. The van der Waals surface area contributed by atoms with Crippen molar-refractivity contribution in [1.82, 2.24) is 4.90 Å². The number of hydrogen-bond donors (Lipinski definition) is 0. The molecule has 1 aliphatic heterocycles. The zero-order valence-corrected chi connectivity index (χ0v) is 10.4. The molecule has 0 N–H and O–H groups in total. The molecule has 3 heteroatoms. The van der Waals surface area contributed by atoms with Crippen LogP contribution >= 0.6 is 0 Å². The third-order valence-corrected chi connectivity index (χ3v) is 3.27. The van der Waals surface area contributed by atoms with Crippen LogP contribution in [0.2, 0.25) is 0 Å². The first-order chi connectivity index (χ1) is 6.95. The number of carbonyl (C=O) groups excluding carboxylic acids is 1. The van der Waals surface area contributed by atoms with Gasteiger partial charge in [0.1, 0.15) is 6.61 Å². The van der Waals surface area contributed by atoms with Crippen LogP contribution in [-0.2, 0) is 9.53 Å². The van der Waals surface area contributed by atoms with Gasteiger partial charge in [-0.25, -0.2) is 0 Å². The van der Waals surface area contributed by atoms with E-state index >= 15 is 0 Å². The second kappa shape index (κ2) is 4.97. The Kier molecular flexibility index (Phi) is 4.14. The molecule has 0 unspecified atom stereocenters. The summed E-state index contributed by atoms with van der Waals surface area (Å²) in [4.78, 5) is 13.6. The minimum atomic E-state index is 0.131. The fourth-order valence-electron chi connectivity index (χ4n) is 2.13. The molecule has 1 rings (SSSR count). The molecule has 0 spiro atoms. The van der Waals surface area contributed by atoms with Crippen molar-refractivity contribution in [2.75, 3.05) is 26.8 Å². The monoisotopic (exact) mass is 213 g/mol. The number of carbonyl (C=O) groups is 1. The van der Waals surface area contributed by atoms with E-state index in [1.165, 1.54) is 6.42 Å². The molecule has 0 aliphatic carbocycles. The average molecular weight is 213 g/mol. The van der Waals surface area contributed by atoms with Gasteiger partial charge < -0.3 is 9.64 Å². The predicted octanol–water partition coefficient (Wildman–Crippen LogP) is 1.92. The van der Waals surface area contributed by atoms with Crippen molar-refractivity contribution in [1.29, 1.82) is 0 Å². The van der Waals surface area contributed by atoms with Crippen molar-refractivity contribution >= 4 is 5.91 Å². The van der Waals surface area contributed by atoms with E-state index in [-0.39, 0.29) is 12.5 Å². The van der Waals surface area contributed by atoms with Crippen molar-refractivity contribution in [3.05, 3.63) is 0 Å². The summed E-state index contributed by atoms with van der Waals surface area (Å²) in [5, 5.41) is 0. The first kappa shape index (κ1) is 12.5. The van der Waals surface area contributed by atoms with E-state index in [1.807, 2.05) is 4.90 Å². The van der Waals surface area contributed by atoms with E-state index in [4.69, 9.17) is 4.74 Å². The highest BCUT2D eigenvalue weighted by Gasteiger charge is 2.31. The van der Waals surface area contributed by atoms with Gasteiger partial charge in [-0.15, -0.1) is 0 Å². The van der Waals surface area contributed by atoms with Crippen molar-refractivity contribution in [3.8, 4) is 0 Å². The Morgan fingerprint density at radius 3 is 2.67 bits per heavy atom. The zero-order valence-electron chi connectivity index (χ0n) is 10.4. The molecule has 1 aliphatic rings. The van der Waals surface area contributed by atoms with Crippen LogP contribution in [0, 0.1) is 11.3 Å². The Bertz CT molecular complexity index is 220. The first-order valence-corrected chi connectivity index (χ1v) is 5.72. The Balaban J connectivity index is 2.52. The SMILES string of the molecule is COCC(=O)N1CCC[C@H](C(C)(C)C)C1. The van der Waals surface area contributed by atoms with Crippen LogP contribution in [0.3, 0.4) is 0 Å². The molecule has 0 aromatic rings. The second-order valence-corrected chi connectivity index (χ2v) is 5.48. The minimum absolute atomic E-state index is 0.131. The van der Waals surface area contributed by atoms with Crippen LogP contribution in [-0.4, -0.2) is 37.6 Å². The highest BCUT2D eigenvalue weighted by molar-refractivity contribution is 5.77. The molecule has 88 valence electrons. The number of ether oxygens (including phenoxy) is 1. The predicted molar refractivity (Wildman–Crippen MR) is 60.6 cm³/mol. The fourth-order valence-corrected chi connectivity index (χ4v) is 2.13. The van der Waals surface area contributed by atoms with Gasteiger partial charge in [0.25, 0.3) is 0 Å². The Morgan fingerprint density at radius 2 is 2.13 bits per heavy atom. The molecule has 0 aromatic heterocycles. The van der Waals surface area contributed by atoms with Crippen LogP contribution in [0.5, 0.6) is 0 Å². The molecule has 1 heterocycles. The Labute approximate surface area is 92.8 Å². The highest BCUT2D eigenvalue weighted by Crippen LogP contribution is 2.33. The third kappa shape index (κ3) is 3.49. The van der Waals surface area contributed by atoms with E-state index in [0.717, 1.165) is 19.5 Å². The Hall–Kier alpha value is -0.570. The maximum Gasteiger partial charge on any atom is 0.248 e. The number of rotatable bonds is 2. The quantitative estimate of drug-likeness (QED) is 0.701. The summed E-state index contributed by atoms with van der Waals surface area (Å²) in [7, 11) is 1.57.